The molecule has 0 aliphatic carbocycles. The van der Waals surface area contributed by atoms with Gasteiger partial charge in [0.2, 0.25) is 5.56 Å². The van der Waals surface area contributed by atoms with E-state index in [1.807, 2.05) is 30.3 Å². The predicted octanol–water partition coefficient (Wildman–Crippen LogP) is 2.60. The van der Waals surface area contributed by atoms with Gasteiger partial charge >= 0.3 is 0 Å². The lowest BCUT2D eigenvalue weighted by molar-refractivity contribution is 0.415. The zero-order valence-electron chi connectivity index (χ0n) is 10.4. The molecule has 4 heteroatoms. The molecule has 1 N–H and O–H groups in total. The summed E-state index contributed by atoms with van der Waals surface area (Å²) in [7, 11) is 1.63. The Bertz CT molecular complexity index is 793. The minimum Gasteiger partial charge on any atom is -0.497 e. The van der Waals surface area contributed by atoms with E-state index in [1.54, 1.807) is 19.4 Å². The zero-order valence-corrected chi connectivity index (χ0v) is 10.4. The molecule has 0 saturated heterocycles. The van der Waals surface area contributed by atoms with Crippen LogP contribution in [-0.2, 0) is 0 Å². The van der Waals surface area contributed by atoms with E-state index in [2.05, 4.69) is 9.97 Å². The first-order valence-corrected chi connectivity index (χ1v) is 5.90. The molecule has 0 fully saturated rings. The van der Waals surface area contributed by atoms with Gasteiger partial charge in [0.25, 0.3) is 0 Å². The van der Waals surface area contributed by atoms with E-state index < -0.39 is 0 Å². The number of hydrogen-bond donors (Lipinski definition) is 1. The molecule has 0 amide bonds. The zero-order chi connectivity index (χ0) is 13.2. The summed E-state index contributed by atoms with van der Waals surface area (Å²) in [5, 5.41) is 0. The van der Waals surface area contributed by atoms with Crippen molar-refractivity contribution in [3.05, 3.63) is 59.0 Å². The third-order valence-electron chi connectivity index (χ3n) is 3.00. The van der Waals surface area contributed by atoms with Crippen molar-refractivity contribution in [2.24, 2.45) is 0 Å². The van der Waals surface area contributed by atoms with Crippen molar-refractivity contribution < 1.29 is 4.74 Å². The van der Waals surface area contributed by atoms with Crippen molar-refractivity contribution in [1.29, 1.82) is 0 Å². The highest BCUT2D eigenvalue weighted by Gasteiger charge is 2.06. The first kappa shape index (κ1) is 11.5. The Morgan fingerprint density at radius 1 is 1.16 bits per heavy atom. The number of benzene rings is 1. The number of nitrogens with zero attached hydrogens (tertiary/aromatic N) is 1. The molecule has 0 spiro atoms. The summed E-state index contributed by atoms with van der Waals surface area (Å²) in [5.74, 6) is 0.778. The normalized spacial score (nSPS) is 10.6. The van der Waals surface area contributed by atoms with Crippen LogP contribution in [0.15, 0.2) is 53.5 Å². The fourth-order valence-electron chi connectivity index (χ4n) is 2.09. The van der Waals surface area contributed by atoms with Crippen molar-refractivity contribution in [2.75, 3.05) is 7.11 Å². The van der Waals surface area contributed by atoms with Crippen LogP contribution in [0.25, 0.3) is 22.2 Å². The quantitative estimate of drug-likeness (QED) is 0.762. The topological polar surface area (TPSA) is 55.0 Å². The van der Waals surface area contributed by atoms with E-state index in [0.717, 1.165) is 27.9 Å². The number of rotatable bonds is 2. The average molecular weight is 252 g/mol. The number of aromatic amines is 1. The molecule has 4 nitrogen and oxygen atoms in total. The van der Waals surface area contributed by atoms with Crippen LogP contribution >= 0.6 is 0 Å². The largest absolute Gasteiger partial charge is 0.497 e. The Kier molecular flexibility index (Phi) is 2.76. The predicted molar refractivity (Wildman–Crippen MR) is 74.4 cm³/mol. The van der Waals surface area contributed by atoms with E-state index in [9.17, 15) is 4.79 Å². The molecule has 0 aliphatic rings. The van der Waals surface area contributed by atoms with Crippen LogP contribution in [0, 0.1) is 0 Å². The molecular weight excluding hydrogens is 240 g/mol. The van der Waals surface area contributed by atoms with Crippen LogP contribution < -0.4 is 10.3 Å². The number of methoxy groups -OCH3 is 1. The van der Waals surface area contributed by atoms with E-state index >= 15 is 0 Å². The molecule has 3 aromatic rings. The minimum absolute atomic E-state index is 0.135. The monoisotopic (exact) mass is 252 g/mol. The van der Waals surface area contributed by atoms with E-state index in [-0.39, 0.29) is 5.56 Å². The van der Waals surface area contributed by atoms with Gasteiger partial charge in [-0.25, -0.2) is 0 Å². The van der Waals surface area contributed by atoms with Gasteiger partial charge in [-0.2, -0.15) is 0 Å². The number of aromatic nitrogens is 2. The second-order valence-electron chi connectivity index (χ2n) is 4.17. The lowest BCUT2D eigenvalue weighted by Crippen LogP contribution is -2.03. The van der Waals surface area contributed by atoms with Crippen LogP contribution in [0.1, 0.15) is 0 Å². The molecule has 0 saturated carbocycles. The van der Waals surface area contributed by atoms with Crippen LogP contribution in [0.5, 0.6) is 5.75 Å². The van der Waals surface area contributed by atoms with Crippen molar-refractivity contribution in [2.45, 2.75) is 0 Å². The SMILES string of the molecule is COc1cccc(-c2ccnc3ccc(=O)[nH]c23)c1. The first-order valence-electron chi connectivity index (χ1n) is 5.90. The maximum absolute atomic E-state index is 11.5. The van der Waals surface area contributed by atoms with Crippen molar-refractivity contribution in [3.8, 4) is 16.9 Å². The molecule has 2 aromatic heterocycles. The van der Waals surface area contributed by atoms with Crippen molar-refractivity contribution in [1.82, 2.24) is 9.97 Å². The van der Waals surface area contributed by atoms with Gasteiger partial charge in [-0.15, -0.1) is 0 Å². The van der Waals surface area contributed by atoms with Gasteiger partial charge in [-0.1, -0.05) is 12.1 Å². The molecule has 0 radical (unpaired) electrons. The molecule has 19 heavy (non-hydrogen) atoms. The minimum atomic E-state index is -0.135. The van der Waals surface area contributed by atoms with Gasteiger partial charge in [-0.3, -0.25) is 9.78 Å². The maximum atomic E-state index is 11.5. The fourth-order valence-corrected chi connectivity index (χ4v) is 2.09. The highest BCUT2D eigenvalue weighted by atomic mass is 16.5. The highest BCUT2D eigenvalue weighted by molar-refractivity contribution is 5.91. The third kappa shape index (κ3) is 2.08. The lowest BCUT2D eigenvalue weighted by atomic mass is 10.0. The molecular formula is C15H12N2O2. The van der Waals surface area contributed by atoms with E-state index in [4.69, 9.17) is 4.74 Å². The Morgan fingerprint density at radius 2 is 2.05 bits per heavy atom. The van der Waals surface area contributed by atoms with Crippen LogP contribution in [-0.4, -0.2) is 17.1 Å². The van der Waals surface area contributed by atoms with Crippen molar-refractivity contribution >= 4 is 11.0 Å². The van der Waals surface area contributed by atoms with Gasteiger partial charge in [0.05, 0.1) is 18.1 Å². The first-order chi connectivity index (χ1) is 9.28. The van der Waals surface area contributed by atoms with Gasteiger partial charge in [0.15, 0.2) is 0 Å². The van der Waals surface area contributed by atoms with E-state index in [1.165, 1.54) is 6.07 Å². The second kappa shape index (κ2) is 4.57. The third-order valence-corrected chi connectivity index (χ3v) is 3.00. The number of hydrogen-bond acceptors (Lipinski definition) is 3. The van der Waals surface area contributed by atoms with Gasteiger partial charge < -0.3 is 9.72 Å². The number of nitrogens with one attached hydrogen (secondary N) is 1. The van der Waals surface area contributed by atoms with Gasteiger partial charge in [0.1, 0.15) is 5.75 Å². The number of H-pyrrole nitrogens is 1. The van der Waals surface area contributed by atoms with Crippen LogP contribution in [0.4, 0.5) is 0 Å². The summed E-state index contributed by atoms with van der Waals surface area (Å²) < 4.78 is 5.22. The Hall–Kier alpha value is -2.62. The Balaban J connectivity index is 2.29. The molecule has 94 valence electrons. The summed E-state index contributed by atoms with van der Waals surface area (Å²) in [6.07, 6.45) is 1.73. The summed E-state index contributed by atoms with van der Waals surface area (Å²) in [4.78, 5) is 18.6. The number of ether oxygens (including phenoxy) is 1. The molecule has 2 heterocycles. The smallest absolute Gasteiger partial charge is 0.248 e. The molecule has 3 rings (SSSR count). The molecule has 1 aromatic carbocycles. The number of pyridine rings is 2. The van der Waals surface area contributed by atoms with E-state index in [0.29, 0.717) is 0 Å². The van der Waals surface area contributed by atoms with Crippen molar-refractivity contribution in [3.63, 3.8) is 0 Å². The van der Waals surface area contributed by atoms with Crippen LogP contribution in [0.2, 0.25) is 0 Å². The molecule has 0 unspecified atom stereocenters. The second-order valence-corrected chi connectivity index (χ2v) is 4.17. The summed E-state index contributed by atoms with van der Waals surface area (Å²) >= 11 is 0. The molecule has 0 aliphatic heterocycles. The summed E-state index contributed by atoms with van der Waals surface area (Å²) in [6.45, 7) is 0. The maximum Gasteiger partial charge on any atom is 0.248 e. The fraction of sp³-hybridized carbons (Fsp3) is 0.0667. The summed E-state index contributed by atoms with van der Waals surface area (Å²) in [6, 6.07) is 12.8. The van der Waals surface area contributed by atoms with Gasteiger partial charge in [0, 0.05) is 17.8 Å². The standard InChI is InChI=1S/C15H12N2O2/c1-19-11-4-2-3-10(9-11)12-7-8-16-13-5-6-14(18)17-15(12)13/h2-9H,1H3,(H,17,18). The Morgan fingerprint density at radius 3 is 2.89 bits per heavy atom. The number of fused-ring (bicyclic) bond motifs is 1. The average Bonchev–Trinajstić information content (AvgIpc) is 2.46. The molecule has 0 bridgehead atoms. The lowest BCUT2D eigenvalue weighted by Gasteiger charge is -2.07. The van der Waals surface area contributed by atoms with Crippen LogP contribution in [0.3, 0.4) is 0 Å². The van der Waals surface area contributed by atoms with Gasteiger partial charge in [-0.05, 0) is 29.8 Å². The molecule has 0 atom stereocenters. The Labute approximate surface area is 109 Å². The highest BCUT2D eigenvalue weighted by Crippen LogP contribution is 2.27. The summed E-state index contributed by atoms with van der Waals surface area (Å²) in [5.41, 5.74) is 3.28.